The zero-order valence-corrected chi connectivity index (χ0v) is 34.6. The molecule has 0 spiro atoms. The second kappa shape index (κ2) is 39.6. The molecule has 0 aromatic heterocycles. The van der Waals surface area contributed by atoms with E-state index in [9.17, 15) is 14.4 Å². The lowest BCUT2D eigenvalue weighted by molar-refractivity contribution is -0.167. The molecule has 6 heteroatoms. The van der Waals surface area contributed by atoms with Gasteiger partial charge in [0.25, 0.3) is 0 Å². The van der Waals surface area contributed by atoms with E-state index in [1.54, 1.807) is 0 Å². The lowest BCUT2D eigenvalue weighted by Gasteiger charge is -2.18. The number of carbonyl (C=O) groups is 3. The first-order chi connectivity index (χ1) is 24.9. The minimum atomic E-state index is -0.757. The summed E-state index contributed by atoms with van der Waals surface area (Å²) in [6.07, 6.45) is 38.3. The highest BCUT2D eigenvalue weighted by molar-refractivity contribution is 5.71. The SMILES string of the molecule is CCCCCCCCCCCCCCCCC(=O)OC[C@H](COC(=O)CCCCCCC)OC(=O)CCCCCCCCCCCCCC(C)C. The third-order valence-electron chi connectivity index (χ3n) is 10.0. The monoisotopic (exact) mass is 723 g/mol. The summed E-state index contributed by atoms with van der Waals surface area (Å²) in [6.45, 7) is 8.91. The average molecular weight is 723 g/mol. The maximum absolute atomic E-state index is 12.7. The zero-order chi connectivity index (χ0) is 37.5. The molecule has 0 aliphatic carbocycles. The van der Waals surface area contributed by atoms with Crippen molar-refractivity contribution in [2.24, 2.45) is 5.92 Å². The van der Waals surface area contributed by atoms with Crippen molar-refractivity contribution in [3.05, 3.63) is 0 Å². The molecule has 6 nitrogen and oxygen atoms in total. The van der Waals surface area contributed by atoms with Gasteiger partial charge in [0.1, 0.15) is 13.2 Å². The van der Waals surface area contributed by atoms with Crippen LogP contribution in [0.1, 0.15) is 246 Å². The Morgan fingerprint density at radius 1 is 0.373 bits per heavy atom. The summed E-state index contributed by atoms with van der Waals surface area (Å²) in [6, 6.07) is 0. The summed E-state index contributed by atoms with van der Waals surface area (Å²) in [5.74, 6) is -0.0438. The lowest BCUT2D eigenvalue weighted by Crippen LogP contribution is -2.30. The smallest absolute Gasteiger partial charge is 0.306 e. The van der Waals surface area contributed by atoms with Gasteiger partial charge in [-0.15, -0.1) is 0 Å². The van der Waals surface area contributed by atoms with Gasteiger partial charge >= 0.3 is 17.9 Å². The Balaban J connectivity index is 4.19. The molecular weight excluding hydrogens is 636 g/mol. The molecular formula is C45H86O6. The van der Waals surface area contributed by atoms with E-state index < -0.39 is 6.10 Å². The molecule has 51 heavy (non-hydrogen) atoms. The van der Waals surface area contributed by atoms with Gasteiger partial charge in [0.15, 0.2) is 6.10 Å². The fourth-order valence-electron chi connectivity index (χ4n) is 6.63. The summed E-state index contributed by atoms with van der Waals surface area (Å²) in [4.78, 5) is 37.4. The minimum absolute atomic E-state index is 0.0648. The Bertz CT molecular complexity index is 766. The Kier molecular flexibility index (Phi) is 38.4. The summed E-state index contributed by atoms with van der Waals surface area (Å²) in [7, 11) is 0. The van der Waals surface area contributed by atoms with E-state index in [0.29, 0.717) is 19.3 Å². The van der Waals surface area contributed by atoms with Crippen LogP contribution < -0.4 is 0 Å². The first kappa shape index (κ1) is 49.4. The van der Waals surface area contributed by atoms with Crippen molar-refractivity contribution >= 4 is 17.9 Å². The summed E-state index contributed by atoms with van der Waals surface area (Å²) in [5.41, 5.74) is 0. The Labute approximate surface area is 317 Å². The van der Waals surface area contributed by atoms with Gasteiger partial charge in [-0.2, -0.15) is 0 Å². The fourth-order valence-corrected chi connectivity index (χ4v) is 6.63. The molecule has 0 saturated heterocycles. The van der Waals surface area contributed by atoms with Crippen molar-refractivity contribution in [1.29, 1.82) is 0 Å². The van der Waals surface area contributed by atoms with E-state index in [1.807, 2.05) is 0 Å². The topological polar surface area (TPSA) is 78.9 Å². The summed E-state index contributed by atoms with van der Waals surface area (Å²) in [5, 5.41) is 0. The van der Waals surface area contributed by atoms with Gasteiger partial charge in [-0.1, -0.05) is 207 Å². The Morgan fingerprint density at radius 2 is 0.647 bits per heavy atom. The first-order valence-electron chi connectivity index (χ1n) is 22.4. The number of ether oxygens (including phenoxy) is 3. The Hall–Kier alpha value is -1.59. The molecule has 0 amide bonds. The molecule has 0 heterocycles. The maximum atomic E-state index is 12.7. The van der Waals surface area contributed by atoms with E-state index in [1.165, 1.54) is 135 Å². The van der Waals surface area contributed by atoms with Crippen molar-refractivity contribution in [2.45, 2.75) is 252 Å². The molecule has 0 aromatic carbocycles. The molecule has 0 bridgehead atoms. The van der Waals surface area contributed by atoms with Crippen LogP contribution in [0.5, 0.6) is 0 Å². The van der Waals surface area contributed by atoms with Gasteiger partial charge in [-0.05, 0) is 25.2 Å². The third kappa shape index (κ3) is 39.5. The molecule has 1 atom stereocenters. The van der Waals surface area contributed by atoms with Crippen molar-refractivity contribution < 1.29 is 28.6 Å². The van der Waals surface area contributed by atoms with Crippen LogP contribution in [-0.4, -0.2) is 37.2 Å². The maximum Gasteiger partial charge on any atom is 0.306 e. The van der Waals surface area contributed by atoms with E-state index in [4.69, 9.17) is 14.2 Å². The number of hydrogen-bond donors (Lipinski definition) is 0. The van der Waals surface area contributed by atoms with Gasteiger partial charge in [-0.3, -0.25) is 14.4 Å². The van der Waals surface area contributed by atoms with Crippen molar-refractivity contribution in [2.75, 3.05) is 13.2 Å². The molecule has 0 saturated carbocycles. The minimum Gasteiger partial charge on any atom is -0.462 e. The fraction of sp³-hybridized carbons (Fsp3) is 0.933. The van der Waals surface area contributed by atoms with E-state index >= 15 is 0 Å². The quantitative estimate of drug-likeness (QED) is 0.0356. The van der Waals surface area contributed by atoms with Crippen LogP contribution in [0.25, 0.3) is 0 Å². The molecule has 0 radical (unpaired) electrons. The first-order valence-corrected chi connectivity index (χ1v) is 22.4. The average Bonchev–Trinajstić information content (AvgIpc) is 3.11. The van der Waals surface area contributed by atoms with E-state index in [0.717, 1.165) is 70.1 Å². The molecule has 0 fully saturated rings. The molecule has 0 unspecified atom stereocenters. The predicted octanol–water partition coefficient (Wildman–Crippen LogP) is 13.9. The van der Waals surface area contributed by atoms with E-state index in [-0.39, 0.29) is 31.1 Å². The van der Waals surface area contributed by atoms with Gasteiger partial charge < -0.3 is 14.2 Å². The van der Waals surface area contributed by atoms with Crippen molar-refractivity contribution in [3.63, 3.8) is 0 Å². The standard InChI is InChI=1S/C45H86O6/c1-5-7-9-11-12-13-14-15-16-19-22-25-29-33-37-44(47)50-40-42(39-49-43(46)36-32-27-10-8-6-2)51-45(48)38-34-30-26-23-20-17-18-21-24-28-31-35-41(3)4/h41-42H,5-40H2,1-4H3/t42-/m0/s1. The summed E-state index contributed by atoms with van der Waals surface area (Å²) < 4.78 is 16.6. The van der Waals surface area contributed by atoms with Crippen LogP contribution in [0.2, 0.25) is 0 Å². The highest BCUT2D eigenvalue weighted by atomic mass is 16.6. The molecule has 0 aromatic rings. The number of unbranched alkanes of at least 4 members (excludes halogenated alkanes) is 27. The van der Waals surface area contributed by atoms with Crippen LogP contribution in [-0.2, 0) is 28.6 Å². The zero-order valence-electron chi connectivity index (χ0n) is 34.6. The van der Waals surface area contributed by atoms with Crippen molar-refractivity contribution in [3.8, 4) is 0 Å². The van der Waals surface area contributed by atoms with Gasteiger partial charge in [0.05, 0.1) is 0 Å². The molecule has 0 rings (SSSR count). The second-order valence-corrected chi connectivity index (χ2v) is 15.8. The highest BCUT2D eigenvalue weighted by Gasteiger charge is 2.19. The van der Waals surface area contributed by atoms with Crippen LogP contribution >= 0.6 is 0 Å². The second-order valence-electron chi connectivity index (χ2n) is 15.8. The van der Waals surface area contributed by atoms with Crippen molar-refractivity contribution in [1.82, 2.24) is 0 Å². The van der Waals surface area contributed by atoms with Crippen LogP contribution in [0, 0.1) is 5.92 Å². The summed E-state index contributed by atoms with van der Waals surface area (Å²) >= 11 is 0. The van der Waals surface area contributed by atoms with Crippen LogP contribution in [0.15, 0.2) is 0 Å². The number of rotatable bonds is 40. The van der Waals surface area contributed by atoms with Gasteiger partial charge in [-0.25, -0.2) is 0 Å². The highest BCUT2D eigenvalue weighted by Crippen LogP contribution is 2.16. The molecule has 0 aliphatic heterocycles. The lowest BCUT2D eigenvalue weighted by atomic mass is 10.0. The number of hydrogen-bond acceptors (Lipinski definition) is 6. The molecule has 0 aliphatic rings. The van der Waals surface area contributed by atoms with E-state index in [2.05, 4.69) is 27.7 Å². The molecule has 0 N–H and O–H groups in total. The van der Waals surface area contributed by atoms with Crippen LogP contribution in [0.4, 0.5) is 0 Å². The number of carbonyl (C=O) groups excluding carboxylic acids is 3. The largest absolute Gasteiger partial charge is 0.462 e. The molecule has 302 valence electrons. The number of esters is 3. The third-order valence-corrected chi connectivity index (χ3v) is 10.0. The van der Waals surface area contributed by atoms with Gasteiger partial charge in [0.2, 0.25) is 0 Å². The van der Waals surface area contributed by atoms with Crippen LogP contribution in [0.3, 0.4) is 0 Å². The Morgan fingerprint density at radius 3 is 0.961 bits per heavy atom. The van der Waals surface area contributed by atoms with Gasteiger partial charge in [0, 0.05) is 19.3 Å². The normalized spacial score (nSPS) is 11.9. The predicted molar refractivity (Wildman–Crippen MR) is 215 cm³/mol.